The Kier molecular flexibility index (Phi) is 4.73. The molecule has 2 aliphatic carbocycles. The van der Waals surface area contributed by atoms with E-state index >= 15 is 0 Å². The third kappa shape index (κ3) is 3.73. The van der Waals surface area contributed by atoms with Gasteiger partial charge in [0.25, 0.3) is 0 Å². The molecule has 3 rings (SSSR count). The van der Waals surface area contributed by atoms with Gasteiger partial charge >= 0.3 is 0 Å². The molecule has 4 heteroatoms. The summed E-state index contributed by atoms with van der Waals surface area (Å²) < 4.78 is 7.61. The second-order valence-corrected chi connectivity index (χ2v) is 6.56. The van der Waals surface area contributed by atoms with Crippen molar-refractivity contribution in [2.75, 3.05) is 6.61 Å². The van der Waals surface area contributed by atoms with Crippen molar-refractivity contribution < 1.29 is 9.53 Å². The Morgan fingerprint density at radius 1 is 1.38 bits per heavy atom. The molecule has 4 nitrogen and oxygen atoms in total. The standard InChI is InChI=1S/C17H26N2O2/c1-2-21-17-10-13(11-17)9-16(20)12-14-7-8-19(18-14)15-5-3-4-6-15/h7-8,13,15,17H,2-6,9-12H2,1H3. The van der Waals surface area contributed by atoms with E-state index in [0.717, 1.165) is 25.1 Å². The van der Waals surface area contributed by atoms with Crippen LogP contribution in [0.3, 0.4) is 0 Å². The van der Waals surface area contributed by atoms with Crippen LogP contribution in [0, 0.1) is 5.92 Å². The summed E-state index contributed by atoms with van der Waals surface area (Å²) in [6, 6.07) is 2.58. The Bertz CT molecular complexity index is 471. The smallest absolute Gasteiger partial charge is 0.139 e. The molecule has 1 aromatic rings. The Labute approximate surface area is 126 Å². The summed E-state index contributed by atoms with van der Waals surface area (Å²) in [5.41, 5.74) is 0.938. The lowest BCUT2D eigenvalue weighted by Crippen LogP contribution is -2.33. The third-order valence-electron chi connectivity index (χ3n) is 4.85. The zero-order valence-corrected chi connectivity index (χ0v) is 13.0. The minimum atomic E-state index is 0.326. The number of nitrogens with zero attached hydrogens (tertiary/aromatic N) is 2. The molecule has 0 aliphatic heterocycles. The number of rotatable bonds is 7. The van der Waals surface area contributed by atoms with Crippen molar-refractivity contribution in [2.24, 2.45) is 5.92 Å². The second kappa shape index (κ2) is 6.73. The van der Waals surface area contributed by atoms with E-state index in [1.807, 2.05) is 19.2 Å². The summed E-state index contributed by atoms with van der Waals surface area (Å²) in [5.74, 6) is 0.859. The topological polar surface area (TPSA) is 44.1 Å². The molecular formula is C17H26N2O2. The van der Waals surface area contributed by atoms with E-state index in [9.17, 15) is 4.79 Å². The molecule has 2 aliphatic rings. The molecule has 1 aromatic heterocycles. The number of hydrogen-bond acceptors (Lipinski definition) is 3. The van der Waals surface area contributed by atoms with Crippen LogP contribution in [0.25, 0.3) is 0 Å². The fourth-order valence-corrected chi connectivity index (χ4v) is 3.65. The van der Waals surface area contributed by atoms with Gasteiger partial charge in [0.1, 0.15) is 5.78 Å². The summed E-state index contributed by atoms with van der Waals surface area (Å²) in [6.45, 7) is 2.81. The predicted octanol–water partition coefficient (Wildman–Crippen LogP) is 3.32. The Balaban J connectivity index is 1.43. The highest BCUT2D eigenvalue weighted by Crippen LogP contribution is 2.33. The SMILES string of the molecule is CCOC1CC(CC(=O)Cc2ccn(C3CCCC3)n2)C1. The first-order valence-electron chi connectivity index (χ1n) is 8.42. The molecule has 0 saturated heterocycles. The highest BCUT2D eigenvalue weighted by Gasteiger charge is 2.31. The van der Waals surface area contributed by atoms with Crippen molar-refractivity contribution in [3.8, 4) is 0 Å². The predicted molar refractivity (Wildman–Crippen MR) is 81.2 cm³/mol. The van der Waals surface area contributed by atoms with Gasteiger partial charge in [-0.05, 0) is 44.6 Å². The van der Waals surface area contributed by atoms with Crippen molar-refractivity contribution in [3.63, 3.8) is 0 Å². The van der Waals surface area contributed by atoms with Gasteiger partial charge in [0.15, 0.2) is 0 Å². The van der Waals surface area contributed by atoms with Crippen LogP contribution in [0.5, 0.6) is 0 Å². The highest BCUT2D eigenvalue weighted by molar-refractivity contribution is 5.80. The largest absolute Gasteiger partial charge is 0.378 e. The average Bonchev–Trinajstić information content (AvgIpc) is 3.06. The van der Waals surface area contributed by atoms with Gasteiger partial charge in [0, 0.05) is 19.2 Å². The number of hydrogen-bond donors (Lipinski definition) is 0. The van der Waals surface area contributed by atoms with Gasteiger partial charge in [-0.3, -0.25) is 9.48 Å². The van der Waals surface area contributed by atoms with E-state index in [2.05, 4.69) is 9.78 Å². The molecular weight excluding hydrogens is 264 g/mol. The van der Waals surface area contributed by atoms with Crippen molar-refractivity contribution in [3.05, 3.63) is 18.0 Å². The summed E-state index contributed by atoms with van der Waals surface area (Å²) in [6.07, 6.45) is 10.8. The van der Waals surface area contributed by atoms with E-state index in [1.54, 1.807) is 0 Å². The first-order valence-corrected chi connectivity index (χ1v) is 8.42. The first-order chi connectivity index (χ1) is 10.2. The molecule has 2 saturated carbocycles. The van der Waals surface area contributed by atoms with Gasteiger partial charge in [-0.2, -0.15) is 5.10 Å². The van der Waals surface area contributed by atoms with Crippen molar-refractivity contribution in [1.82, 2.24) is 9.78 Å². The van der Waals surface area contributed by atoms with Crippen LogP contribution in [0.2, 0.25) is 0 Å². The van der Waals surface area contributed by atoms with Crippen LogP contribution in [0.4, 0.5) is 0 Å². The number of ether oxygens (including phenoxy) is 1. The van der Waals surface area contributed by atoms with E-state index in [4.69, 9.17) is 4.74 Å². The molecule has 0 atom stereocenters. The normalized spacial score (nSPS) is 26.0. The summed E-state index contributed by atoms with van der Waals surface area (Å²) in [7, 11) is 0. The van der Waals surface area contributed by atoms with Crippen LogP contribution in [-0.2, 0) is 16.0 Å². The van der Waals surface area contributed by atoms with Gasteiger partial charge < -0.3 is 4.74 Å². The third-order valence-corrected chi connectivity index (χ3v) is 4.85. The summed E-state index contributed by atoms with van der Waals surface area (Å²) >= 11 is 0. The van der Waals surface area contributed by atoms with Crippen molar-refractivity contribution in [2.45, 2.75) is 70.4 Å². The lowest BCUT2D eigenvalue weighted by molar-refractivity contribution is -0.121. The van der Waals surface area contributed by atoms with E-state index in [1.165, 1.54) is 25.7 Å². The van der Waals surface area contributed by atoms with Gasteiger partial charge in [-0.1, -0.05) is 12.8 Å². The summed E-state index contributed by atoms with van der Waals surface area (Å²) in [4.78, 5) is 12.1. The van der Waals surface area contributed by atoms with Gasteiger partial charge in [-0.25, -0.2) is 0 Å². The number of ketones is 1. The van der Waals surface area contributed by atoms with Gasteiger partial charge in [0.05, 0.1) is 24.3 Å². The number of carbonyl (C=O) groups excluding carboxylic acids is 1. The molecule has 21 heavy (non-hydrogen) atoms. The quantitative estimate of drug-likeness (QED) is 0.774. The van der Waals surface area contributed by atoms with Crippen LogP contribution < -0.4 is 0 Å². The number of aromatic nitrogens is 2. The second-order valence-electron chi connectivity index (χ2n) is 6.56. The van der Waals surface area contributed by atoms with Crippen molar-refractivity contribution >= 4 is 5.78 Å². The molecule has 0 spiro atoms. The highest BCUT2D eigenvalue weighted by atomic mass is 16.5. The minimum absolute atomic E-state index is 0.326. The molecule has 1 heterocycles. The van der Waals surface area contributed by atoms with Crippen LogP contribution in [-0.4, -0.2) is 28.3 Å². The molecule has 0 unspecified atom stereocenters. The summed E-state index contributed by atoms with van der Waals surface area (Å²) in [5, 5.41) is 4.60. The van der Waals surface area contributed by atoms with Crippen LogP contribution in [0.15, 0.2) is 12.3 Å². The van der Waals surface area contributed by atoms with Crippen LogP contribution in [0.1, 0.15) is 63.6 Å². The first kappa shape index (κ1) is 14.8. The monoisotopic (exact) mass is 290 g/mol. The van der Waals surface area contributed by atoms with E-state index in [0.29, 0.717) is 36.7 Å². The Morgan fingerprint density at radius 2 is 2.14 bits per heavy atom. The Morgan fingerprint density at radius 3 is 2.86 bits per heavy atom. The zero-order chi connectivity index (χ0) is 14.7. The molecule has 0 bridgehead atoms. The lowest BCUT2D eigenvalue weighted by Gasteiger charge is -2.34. The number of Topliss-reactive ketones (excluding diaryl/α,β-unsaturated/α-hetero) is 1. The molecule has 0 N–H and O–H groups in total. The van der Waals surface area contributed by atoms with Crippen molar-refractivity contribution in [1.29, 1.82) is 0 Å². The average molecular weight is 290 g/mol. The molecule has 116 valence electrons. The molecule has 2 fully saturated rings. The zero-order valence-electron chi connectivity index (χ0n) is 13.0. The lowest BCUT2D eigenvalue weighted by atomic mass is 9.78. The van der Waals surface area contributed by atoms with Gasteiger partial charge in [0.2, 0.25) is 0 Å². The fraction of sp³-hybridized carbons (Fsp3) is 0.765. The molecule has 0 amide bonds. The maximum Gasteiger partial charge on any atom is 0.139 e. The maximum atomic E-state index is 12.1. The fourth-order valence-electron chi connectivity index (χ4n) is 3.65. The molecule has 0 radical (unpaired) electrons. The van der Waals surface area contributed by atoms with E-state index < -0.39 is 0 Å². The molecule has 0 aromatic carbocycles. The Hall–Kier alpha value is -1.16. The van der Waals surface area contributed by atoms with Gasteiger partial charge in [-0.15, -0.1) is 0 Å². The maximum absolute atomic E-state index is 12.1. The minimum Gasteiger partial charge on any atom is -0.378 e. The van der Waals surface area contributed by atoms with Crippen LogP contribution >= 0.6 is 0 Å². The van der Waals surface area contributed by atoms with E-state index in [-0.39, 0.29) is 0 Å². The number of carbonyl (C=O) groups is 1.